The van der Waals surface area contributed by atoms with Crippen molar-refractivity contribution in [1.82, 2.24) is 0 Å². The Bertz CT molecular complexity index is 5770. The maximum Gasteiger partial charge on any atom is 0.220 e. The topological polar surface area (TPSA) is 51.2 Å². The van der Waals surface area contributed by atoms with Gasteiger partial charge in [0.2, 0.25) is 7.28 Å². The van der Waals surface area contributed by atoms with Gasteiger partial charge in [-0.05, 0) is 223 Å². The van der Waals surface area contributed by atoms with Gasteiger partial charge in [-0.1, -0.05) is 111 Å². The van der Waals surface area contributed by atoms with Crippen LogP contribution < -0.4 is 9.55 Å². The Kier molecular flexibility index (Phi) is 20.8. The van der Waals surface area contributed by atoms with Gasteiger partial charge in [0, 0.05) is 109 Å². The highest BCUT2D eigenvalue weighted by Crippen LogP contribution is 2.55. The number of carbonyl (C=O) groups is 3. The van der Waals surface area contributed by atoms with Gasteiger partial charge >= 0.3 is 0 Å². The van der Waals surface area contributed by atoms with Crippen molar-refractivity contribution in [3.05, 3.63) is 134 Å². The Hall–Kier alpha value is -4.83. The van der Waals surface area contributed by atoms with E-state index in [2.05, 4.69) is 122 Å². The lowest BCUT2D eigenvalue weighted by atomic mass is 9.75. The molecule has 0 aliphatic rings. The number of carbonyl (C=O) groups excluding carboxylic acids is 3. The average molecular weight is 1580 g/mol. The molecule has 0 aliphatic carbocycles. The van der Waals surface area contributed by atoms with E-state index < -0.39 is 0 Å². The maximum atomic E-state index is 13.3. The zero-order chi connectivity index (χ0) is 70.5. The predicted molar refractivity (Wildman–Crippen MR) is 471 cm³/mol. The van der Waals surface area contributed by atoms with Gasteiger partial charge in [-0.15, -0.1) is 147 Å². The molecule has 522 valence electrons. The number of ketones is 3. The van der Waals surface area contributed by atoms with Crippen molar-refractivity contribution in [1.29, 1.82) is 0 Å². The van der Waals surface area contributed by atoms with Gasteiger partial charge in [-0.3, -0.25) is 14.4 Å². The molecule has 16 rings (SSSR count). The van der Waals surface area contributed by atoms with Crippen molar-refractivity contribution in [3.63, 3.8) is 0 Å². The Morgan fingerprint density at radius 3 is 1.35 bits per heavy atom. The normalized spacial score (nSPS) is 12.3. The Morgan fingerprint density at radius 2 is 0.775 bits per heavy atom. The van der Waals surface area contributed by atoms with Crippen LogP contribution >= 0.6 is 147 Å². The molecular formula is C85H83BO3S13. The number of aryl methyl sites for hydroxylation is 8. The summed E-state index contributed by atoms with van der Waals surface area (Å²) in [5.41, 5.74) is 8.77. The van der Waals surface area contributed by atoms with E-state index in [9.17, 15) is 14.4 Å². The molecule has 0 N–H and O–H groups in total. The largest absolute Gasteiger partial charge is 0.294 e. The Labute approximate surface area is 651 Å². The smallest absolute Gasteiger partial charge is 0.220 e. The van der Waals surface area contributed by atoms with Gasteiger partial charge in [-0.25, -0.2) is 0 Å². The first-order chi connectivity index (χ1) is 49.5. The summed E-state index contributed by atoms with van der Waals surface area (Å²) < 4.78 is 15.1. The molecule has 0 aliphatic heterocycles. The lowest BCUT2D eigenvalue weighted by Gasteiger charge is -2.12. The van der Waals surface area contributed by atoms with Crippen LogP contribution in [0, 0.1) is 27.7 Å². The van der Waals surface area contributed by atoms with Crippen LogP contribution in [0.3, 0.4) is 0 Å². The predicted octanol–water partition coefficient (Wildman–Crippen LogP) is 30.1. The monoisotopic (exact) mass is 1580 g/mol. The fraction of sp³-hybridized carbons (Fsp3) is 0.353. The third kappa shape index (κ3) is 13.1. The minimum absolute atomic E-state index is 0.127. The van der Waals surface area contributed by atoms with Crippen LogP contribution in [-0.4, -0.2) is 24.6 Å². The number of hydrogen-bond acceptors (Lipinski definition) is 16. The molecule has 13 heterocycles. The van der Waals surface area contributed by atoms with Crippen LogP contribution in [0.2, 0.25) is 0 Å². The number of thiophene rings is 13. The van der Waals surface area contributed by atoms with E-state index in [0.717, 1.165) is 66.9 Å². The summed E-state index contributed by atoms with van der Waals surface area (Å²) in [6.45, 7) is 23.5. The standard InChI is InChI=1S/C85H83BO3S13/c1-12-16-18-20-22-24-28-52-57-36-67(97-78(57)53(29-25-23-21-19-17-13-2)59-38-70(99-79(52)59)80-60-39-64(45(8)87)94-75(60)48(11)91-80)63-30-31-72(93-63)86-85-84-62(41-66(96-84)47(10)89)83(102-85)69-35-55-44(7)73-54(43(6)74(55)98-69)33-49(92-73)34-68-81-61(40-65(95-81)46(9)88)82(101-68)71-37-58-51(27-15-4)76-56(32-42(5)90-76)50(26-14-3)77(58)100-71/h30-33,35-41,86H,12-29,34H2,1-11H3. The van der Waals surface area contributed by atoms with E-state index in [4.69, 9.17) is 0 Å². The van der Waals surface area contributed by atoms with Crippen LogP contribution in [0.15, 0.2) is 66.7 Å². The molecule has 16 aromatic rings. The highest BCUT2D eigenvalue weighted by atomic mass is 32.1. The quantitative estimate of drug-likeness (QED) is 0.0267. The average Bonchev–Trinajstić information content (AvgIpc) is 1.58. The van der Waals surface area contributed by atoms with Crippen molar-refractivity contribution in [2.45, 2.75) is 198 Å². The first kappa shape index (κ1) is 71.4. The summed E-state index contributed by atoms with van der Waals surface area (Å²) in [6, 6.07) is 26.4. The molecule has 0 bridgehead atoms. The second kappa shape index (κ2) is 29.7. The number of rotatable bonds is 29. The molecule has 0 unspecified atom stereocenters. The third-order valence-electron chi connectivity index (χ3n) is 20.8. The van der Waals surface area contributed by atoms with Gasteiger partial charge in [0.25, 0.3) is 0 Å². The molecule has 0 amide bonds. The number of benzene rings is 3. The lowest BCUT2D eigenvalue weighted by Crippen LogP contribution is -2.21. The lowest BCUT2D eigenvalue weighted by molar-refractivity contribution is 0.101. The fourth-order valence-electron chi connectivity index (χ4n) is 15.6. The minimum atomic E-state index is 0.127. The molecule has 0 saturated heterocycles. The summed E-state index contributed by atoms with van der Waals surface area (Å²) in [7, 11) is 0.830. The van der Waals surface area contributed by atoms with Gasteiger partial charge in [-0.2, -0.15) is 0 Å². The maximum absolute atomic E-state index is 13.3. The molecule has 3 aromatic carbocycles. The summed E-state index contributed by atoms with van der Waals surface area (Å²) >= 11 is 24.6. The van der Waals surface area contributed by atoms with Gasteiger partial charge in [0.1, 0.15) is 0 Å². The molecular weight excluding hydrogens is 1500 g/mol. The first-order valence-corrected chi connectivity index (χ1v) is 47.3. The van der Waals surface area contributed by atoms with Crippen molar-refractivity contribution in [2.75, 3.05) is 0 Å². The van der Waals surface area contributed by atoms with Crippen molar-refractivity contribution in [3.8, 4) is 39.0 Å². The number of hydrogen-bond donors (Lipinski definition) is 0. The zero-order valence-corrected chi connectivity index (χ0v) is 70.6. The van der Waals surface area contributed by atoms with Crippen LogP contribution in [0.5, 0.6) is 0 Å². The Morgan fingerprint density at radius 1 is 0.333 bits per heavy atom. The zero-order valence-electron chi connectivity index (χ0n) is 60.0. The SMILES string of the molecule is CCCCCCCCc1c2cc(-c3sc(C)c4sc(C(C)=O)cc34)sc2c(CCCCCCCC)c2cc(-c3ccc(Bc4sc(-c5cc6c(C)c7sc(Cc8sc(-c9cc%10c(CCC)c%11sc(C)cc%11c(CCC)c%10s9)c9cc(C(C)=O)sc89)cc7c(C)c6s5)c5cc(C(C)=O)sc45)s3)sc12. The molecule has 0 atom stereocenters. The van der Waals surface area contributed by atoms with E-state index in [1.165, 1.54) is 269 Å². The first-order valence-electron chi connectivity index (χ1n) is 36.7. The number of fused-ring (bicyclic) bond motifs is 9. The molecule has 0 saturated carbocycles. The van der Waals surface area contributed by atoms with Crippen LogP contribution in [0.25, 0.3) is 130 Å². The molecule has 3 nitrogen and oxygen atoms in total. The van der Waals surface area contributed by atoms with Crippen molar-refractivity contribution < 1.29 is 14.4 Å². The van der Waals surface area contributed by atoms with Crippen LogP contribution in [-0.2, 0) is 32.1 Å². The third-order valence-corrected chi connectivity index (χ3v) is 37.7. The molecule has 102 heavy (non-hydrogen) atoms. The Balaban J connectivity index is 0.724. The summed E-state index contributed by atoms with van der Waals surface area (Å²) in [4.78, 5) is 57.7. The molecule has 0 spiro atoms. The molecule has 0 fully saturated rings. The second-order valence-corrected chi connectivity index (χ2v) is 42.6. The fourth-order valence-corrected chi connectivity index (χ4v) is 32.0. The van der Waals surface area contributed by atoms with Gasteiger partial charge in [0.15, 0.2) is 17.3 Å². The number of Topliss-reactive ketones (excluding diaryl/α,β-unsaturated/α-hetero) is 3. The molecule has 17 heteroatoms. The van der Waals surface area contributed by atoms with Gasteiger partial charge < -0.3 is 0 Å². The summed E-state index contributed by atoms with van der Waals surface area (Å²) in [5.74, 6) is 0.417. The highest BCUT2D eigenvalue weighted by molar-refractivity contribution is 7.39. The van der Waals surface area contributed by atoms with E-state index in [-0.39, 0.29) is 17.3 Å². The van der Waals surface area contributed by atoms with Crippen LogP contribution in [0.4, 0.5) is 0 Å². The van der Waals surface area contributed by atoms with E-state index in [0.29, 0.717) is 0 Å². The van der Waals surface area contributed by atoms with Crippen molar-refractivity contribution >= 4 is 272 Å². The number of unbranched alkanes of at least 4 members (excludes halogenated alkanes) is 10. The molecule has 13 aromatic heterocycles. The molecule has 0 radical (unpaired) electrons. The van der Waals surface area contributed by atoms with E-state index in [1.54, 1.807) is 54.8 Å². The van der Waals surface area contributed by atoms with Crippen molar-refractivity contribution in [2.24, 2.45) is 0 Å². The van der Waals surface area contributed by atoms with E-state index >= 15 is 0 Å². The van der Waals surface area contributed by atoms with Crippen LogP contribution in [0.1, 0.15) is 220 Å². The second-order valence-electron chi connectivity index (χ2n) is 28.2. The van der Waals surface area contributed by atoms with Gasteiger partial charge in [0.05, 0.1) is 29.3 Å². The highest BCUT2D eigenvalue weighted by Gasteiger charge is 2.29. The van der Waals surface area contributed by atoms with E-state index in [1.807, 2.05) is 113 Å². The summed E-state index contributed by atoms with van der Waals surface area (Å²) in [5, 5.41) is 12.2. The minimum Gasteiger partial charge on any atom is -0.294 e. The summed E-state index contributed by atoms with van der Waals surface area (Å²) in [6.07, 6.45) is 22.7.